The van der Waals surface area contributed by atoms with Crippen molar-refractivity contribution in [2.24, 2.45) is 11.8 Å². The highest BCUT2D eigenvalue weighted by Crippen LogP contribution is 2.41. The van der Waals surface area contributed by atoms with Gasteiger partial charge in [-0.15, -0.1) is 0 Å². The predicted molar refractivity (Wildman–Crippen MR) is 103 cm³/mol. The molecule has 1 saturated heterocycles. The van der Waals surface area contributed by atoms with Crippen molar-refractivity contribution >= 4 is 12.1 Å². The maximum absolute atomic E-state index is 13.0. The first-order valence-corrected chi connectivity index (χ1v) is 10.3. The second-order valence-corrected chi connectivity index (χ2v) is 9.74. The number of nitrogens with zero attached hydrogens (tertiary/aromatic N) is 1. The Bertz CT molecular complexity index is 533. The summed E-state index contributed by atoms with van der Waals surface area (Å²) in [6.45, 7) is 11.0. The highest BCUT2D eigenvalue weighted by Gasteiger charge is 2.52. The lowest BCUT2D eigenvalue weighted by Crippen LogP contribution is -2.51. The molecule has 0 aromatic heterocycles. The SMILES string of the molecule is CC(C[C@@H]1OC(C)(C)N(C(=O)OC(C)(C)C)[C@H]1CC1CCCCC1)C(=O)O. The Morgan fingerprint density at radius 3 is 2.33 bits per heavy atom. The van der Waals surface area contributed by atoms with Gasteiger partial charge >= 0.3 is 12.1 Å². The van der Waals surface area contributed by atoms with Crippen LogP contribution in [0.25, 0.3) is 0 Å². The minimum atomic E-state index is -0.830. The van der Waals surface area contributed by atoms with Crippen LogP contribution in [0.1, 0.15) is 86.5 Å². The molecule has 1 N–H and O–H groups in total. The van der Waals surface area contributed by atoms with Crippen LogP contribution in [0.15, 0.2) is 0 Å². The Balaban J connectivity index is 2.25. The lowest BCUT2D eigenvalue weighted by Gasteiger charge is -2.37. The summed E-state index contributed by atoms with van der Waals surface area (Å²) in [7, 11) is 0. The molecule has 2 rings (SSSR count). The zero-order chi connectivity index (χ0) is 20.4. The molecule has 0 aromatic carbocycles. The van der Waals surface area contributed by atoms with E-state index in [1.165, 1.54) is 32.1 Å². The molecular formula is C21H37NO5. The van der Waals surface area contributed by atoms with Crippen molar-refractivity contribution in [1.82, 2.24) is 4.90 Å². The number of carbonyl (C=O) groups is 2. The van der Waals surface area contributed by atoms with Gasteiger partial charge in [-0.1, -0.05) is 39.0 Å². The number of carbonyl (C=O) groups excluding carboxylic acids is 1. The van der Waals surface area contributed by atoms with E-state index in [4.69, 9.17) is 9.47 Å². The van der Waals surface area contributed by atoms with E-state index in [-0.39, 0.29) is 18.2 Å². The summed E-state index contributed by atoms with van der Waals surface area (Å²) < 4.78 is 11.9. The largest absolute Gasteiger partial charge is 0.481 e. The molecule has 1 heterocycles. The van der Waals surface area contributed by atoms with Crippen LogP contribution in [-0.2, 0) is 14.3 Å². The molecule has 1 amide bonds. The standard InChI is InChI=1S/C21H37NO5/c1-14(18(23)24)12-17-16(13-15-10-8-7-9-11-15)22(21(5,6)26-17)19(25)27-20(2,3)4/h14-17H,7-13H2,1-6H3,(H,23,24)/t14?,16-,17-/m0/s1. The Morgan fingerprint density at radius 2 is 1.81 bits per heavy atom. The monoisotopic (exact) mass is 383 g/mol. The summed E-state index contributed by atoms with van der Waals surface area (Å²) >= 11 is 0. The van der Waals surface area contributed by atoms with E-state index in [0.717, 1.165) is 6.42 Å². The maximum atomic E-state index is 13.0. The molecule has 1 saturated carbocycles. The number of ether oxygens (including phenoxy) is 2. The van der Waals surface area contributed by atoms with Crippen molar-refractivity contribution in [2.45, 2.75) is 110 Å². The first-order chi connectivity index (χ1) is 12.4. The minimum absolute atomic E-state index is 0.153. The van der Waals surface area contributed by atoms with Crippen LogP contribution in [0.3, 0.4) is 0 Å². The van der Waals surface area contributed by atoms with Crippen molar-refractivity contribution < 1.29 is 24.2 Å². The highest BCUT2D eigenvalue weighted by atomic mass is 16.6. The molecule has 0 aromatic rings. The van der Waals surface area contributed by atoms with Crippen LogP contribution >= 0.6 is 0 Å². The molecule has 6 nitrogen and oxygen atoms in total. The van der Waals surface area contributed by atoms with Gasteiger partial charge in [0.2, 0.25) is 0 Å². The smallest absolute Gasteiger partial charge is 0.412 e. The number of hydrogen-bond acceptors (Lipinski definition) is 4. The Labute approximate surface area is 163 Å². The topological polar surface area (TPSA) is 76.1 Å². The van der Waals surface area contributed by atoms with Gasteiger partial charge in [-0.05, 0) is 53.4 Å². The maximum Gasteiger partial charge on any atom is 0.412 e. The molecule has 0 radical (unpaired) electrons. The molecule has 27 heavy (non-hydrogen) atoms. The van der Waals surface area contributed by atoms with Crippen LogP contribution in [0.2, 0.25) is 0 Å². The average Bonchev–Trinajstić information content (AvgIpc) is 2.76. The molecule has 1 aliphatic heterocycles. The fraction of sp³-hybridized carbons (Fsp3) is 0.905. The molecule has 156 valence electrons. The Kier molecular flexibility index (Phi) is 6.82. The van der Waals surface area contributed by atoms with Crippen LogP contribution in [0, 0.1) is 11.8 Å². The van der Waals surface area contributed by atoms with Crippen molar-refractivity contribution in [3.05, 3.63) is 0 Å². The number of carboxylic acid groups (broad SMARTS) is 1. The summed E-state index contributed by atoms with van der Waals surface area (Å²) in [5, 5.41) is 9.35. The molecule has 6 heteroatoms. The average molecular weight is 384 g/mol. The van der Waals surface area contributed by atoms with E-state index in [9.17, 15) is 14.7 Å². The zero-order valence-corrected chi connectivity index (χ0v) is 17.8. The summed E-state index contributed by atoms with van der Waals surface area (Å²) in [6.07, 6.45) is 6.64. The second kappa shape index (κ2) is 8.38. The third kappa shape index (κ3) is 5.84. The summed E-state index contributed by atoms with van der Waals surface area (Å²) in [6, 6.07) is -0.153. The third-order valence-electron chi connectivity index (χ3n) is 5.68. The van der Waals surface area contributed by atoms with Crippen molar-refractivity contribution in [3.8, 4) is 0 Å². The molecule has 2 aliphatic rings. The van der Waals surface area contributed by atoms with Gasteiger partial charge in [-0.2, -0.15) is 0 Å². The quantitative estimate of drug-likeness (QED) is 0.737. The number of aliphatic carboxylic acids is 1. The van der Waals surface area contributed by atoms with Gasteiger partial charge in [0.1, 0.15) is 11.3 Å². The number of rotatable bonds is 5. The van der Waals surface area contributed by atoms with Crippen LogP contribution in [0.4, 0.5) is 4.79 Å². The normalized spacial score (nSPS) is 27.4. The van der Waals surface area contributed by atoms with Gasteiger partial charge in [-0.25, -0.2) is 4.79 Å². The molecule has 1 aliphatic carbocycles. The van der Waals surface area contributed by atoms with Gasteiger partial charge in [0.25, 0.3) is 0 Å². The number of hydrogen-bond donors (Lipinski definition) is 1. The molecule has 3 atom stereocenters. The van der Waals surface area contributed by atoms with Gasteiger partial charge < -0.3 is 14.6 Å². The first kappa shape index (κ1) is 22.0. The van der Waals surface area contributed by atoms with Crippen LogP contribution < -0.4 is 0 Å². The van der Waals surface area contributed by atoms with E-state index >= 15 is 0 Å². The lowest BCUT2D eigenvalue weighted by atomic mass is 9.82. The summed E-state index contributed by atoms with van der Waals surface area (Å²) in [5.41, 5.74) is -1.40. The molecule has 1 unspecified atom stereocenters. The summed E-state index contributed by atoms with van der Waals surface area (Å²) in [4.78, 5) is 26.1. The van der Waals surface area contributed by atoms with Crippen molar-refractivity contribution in [2.75, 3.05) is 0 Å². The first-order valence-electron chi connectivity index (χ1n) is 10.3. The van der Waals surface area contributed by atoms with Crippen molar-refractivity contribution in [1.29, 1.82) is 0 Å². The van der Waals surface area contributed by atoms with E-state index < -0.39 is 23.2 Å². The van der Waals surface area contributed by atoms with Crippen LogP contribution in [-0.4, -0.2) is 45.5 Å². The van der Waals surface area contributed by atoms with Gasteiger partial charge in [0, 0.05) is 0 Å². The third-order valence-corrected chi connectivity index (χ3v) is 5.68. The van der Waals surface area contributed by atoms with E-state index in [2.05, 4.69) is 0 Å². The highest BCUT2D eigenvalue weighted by molar-refractivity contribution is 5.71. The van der Waals surface area contributed by atoms with Crippen molar-refractivity contribution in [3.63, 3.8) is 0 Å². The van der Waals surface area contributed by atoms with E-state index in [1.807, 2.05) is 34.6 Å². The molecule has 2 fully saturated rings. The number of amides is 1. The number of carboxylic acids is 1. The fourth-order valence-corrected chi connectivity index (χ4v) is 4.41. The Hall–Kier alpha value is -1.30. The predicted octanol–water partition coefficient (Wildman–Crippen LogP) is 4.81. The second-order valence-electron chi connectivity index (χ2n) is 9.74. The molecule has 0 spiro atoms. The van der Waals surface area contributed by atoms with Gasteiger partial charge in [-0.3, -0.25) is 9.69 Å². The van der Waals surface area contributed by atoms with Gasteiger partial charge in [0.05, 0.1) is 18.1 Å². The minimum Gasteiger partial charge on any atom is -0.481 e. The lowest BCUT2D eigenvalue weighted by molar-refractivity contribution is -0.143. The molecule has 0 bridgehead atoms. The summed E-state index contributed by atoms with van der Waals surface area (Å²) in [5.74, 6) is -0.796. The van der Waals surface area contributed by atoms with E-state index in [0.29, 0.717) is 12.3 Å². The fourth-order valence-electron chi connectivity index (χ4n) is 4.41. The van der Waals surface area contributed by atoms with Crippen LogP contribution in [0.5, 0.6) is 0 Å². The Morgan fingerprint density at radius 1 is 1.22 bits per heavy atom. The zero-order valence-electron chi connectivity index (χ0n) is 17.8. The molecular weight excluding hydrogens is 346 g/mol. The van der Waals surface area contributed by atoms with E-state index in [1.54, 1.807) is 11.8 Å². The van der Waals surface area contributed by atoms with Gasteiger partial charge in [0.15, 0.2) is 0 Å².